The number of hydrogen-bond acceptors (Lipinski definition) is 8. The highest BCUT2D eigenvalue weighted by atomic mass is 35.5. The third-order valence-electron chi connectivity index (χ3n) is 6.57. The van der Waals surface area contributed by atoms with Gasteiger partial charge in [-0.3, -0.25) is 15.0 Å². The van der Waals surface area contributed by atoms with Crippen LogP contribution in [0.3, 0.4) is 0 Å². The summed E-state index contributed by atoms with van der Waals surface area (Å²) in [5.41, 5.74) is 10.2. The monoisotopic (exact) mass is 512 g/mol. The van der Waals surface area contributed by atoms with E-state index in [0.717, 1.165) is 35.2 Å². The van der Waals surface area contributed by atoms with E-state index in [0.29, 0.717) is 40.1 Å². The van der Waals surface area contributed by atoms with Gasteiger partial charge in [-0.1, -0.05) is 38.4 Å². The summed E-state index contributed by atoms with van der Waals surface area (Å²) in [6.45, 7) is 9.01. The molecule has 37 heavy (non-hydrogen) atoms. The summed E-state index contributed by atoms with van der Waals surface area (Å²) in [6, 6.07) is 10.3. The lowest BCUT2D eigenvalue weighted by Crippen LogP contribution is -2.46. The van der Waals surface area contributed by atoms with E-state index in [-0.39, 0.29) is 5.41 Å². The van der Waals surface area contributed by atoms with Gasteiger partial charge < -0.3 is 16.1 Å². The number of benzene rings is 1. The molecule has 1 fully saturated rings. The molecule has 188 valence electrons. The molecule has 1 atom stereocenters. The molecule has 1 aliphatic carbocycles. The van der Waals surface area contributed by atoms with Gasteiger partial charge in [0.05, 0.1) is 32.9 Å². The normalized spacial score (nSPS) is 17.1. The Labute approximate surface area is 223 Å². The highest BCUT2D eigenvalue weighted by Crippen LogP contribution is 2.38. The van der Waals surface area contributed by atoms with Crippen molar-refractivity contribution in [2.75, 3.05) is 17.2 Å². The molecule has 4 N–H and O–H groups in total. The number of nitrogens with one attached hydrogen (secondary N) is 4. The standard InChI is InChI=1S/C27H30BClN8/c1-16-21(6-5-9-31-16)27(28,23-14-37(36-35-23)19-7-8-19)34-18-10-20-24(33-15-26(2,3)4)17(12-30)13-32-25(20)22(29)11-18/h5-6,9-11,13-14,19,34-36H,7-8,15H2,1-4H3,(H,32,33). The molecule has 2 aliphatic rings. The lowest BCUT2D eigenvalue weighted by Gasteiger charge is -2.35. The Kier molecular flexibility index (Phi) is 6.42. The van der Waals surface area contributed by atoms with Gasteiger partial charge in [0.15, 0.2) is 0 Å². The molecule has 8 nitrogen and oxygen atoms in total. The van der Waals surface area contributed by atoms with Crippen molar-refractivity contribution in [2.24, 2.45) is 5.41 Å². The lowest BCUT2D eigenvalue weighted by molar-refractivity contribution is 0.260. The Hall–Kier alpha value is -3.48. The average molecular weight is 513 g/mol. The number of pyridine rings is 2. The van der Waals surface area contributed by atoms with Gasteiger partial charge in [-0.2, -0.15) is 5.26 Å². The first-order valence-electron chi connectivity index (χ1n) is 12.4. The van der Waals surface area contributed by atoms with Crippen LogP contribution in [-0.4, -0.2) is 35.4 Å². The number of fused-ring (bicyclic) bond motifs is 1. The van der Waals surface area contributed by atoms with Crippen molar-refractivity contribution < 1.29 is 0 Å². The first kappa shape index (κ1) is 25.2. The third-order valence-corrected chi connectivity index (χ3v) is 6.86. The summed E-state index contributed by atoms with van der Waals surface area (Å²) in [5, 5.41) is 20.0. The van der Waals surface area contributed by atoms with Crippen LogP contribution in [0.25, 0.3) is 10.9 Å². The van der Waals surface area contributed by atoms with Crippen molar-refractivity contribution in [3.05, 3.63) is 70.4 Å². The topological polar surface area (TPSA) is 101 Å². The Bertz CT molecular complexity index is 1420. The van der Waals surface area contributed by atoms with Gasteiger partial charge in [-0.25, -0.2) is 0 Å². The Morgan fingerprint density at radius 1 is 1.27 bits per heavy atom. The third kappa shape index (κ3) is 5.04. The van der Waals surface area contributed by atoms with E-state index in [1.165, 1.54) is 0 Å². The van der Waals surface area contributed by atoms with Crippen molar-refractivity contribution >= 4 is 41.7 Å². The Morgan fingerprint density at radius 3 is 2.73 bits per heavy atom. The summed E-state index contributed by atoms with van der Waals surface area (Å²) < 4.78 is 0. The lowest BCUT2D eigenvalue weighted by atomic mass is 9.69. The van der Waals surface area contributed by atoms with E-state index in [4.69, 9.17) is 19.4 Å². The van der Waals surface area contributed by atoms with Gasteiger partial charge in [0.2, 0.25) is 0 Å². The molecule has 1 aliphatic heterocycles. The quantitative estimate of drug-likeness (QED) is 0.339. The van der Waals surface area contributed by atoms with E-state index < -0.39 is 5.44 Å². The zero-order valence-electron chi connectivity index (χ0n) is 21.5. The smallest absolute Gasteiger partial charge is 0.119 e. The number of hydrogen-bond donors (Lipinski definition) is 4. The molecule has 3 aromatic rings. The molecule has 1 unspecified atom stereocenters. The van der Waals surface area contributed by atoms with Crippen molar-refractivity contribution in [2.45, 2.75) is 52.0 Å². The predicted octanol–water partition coefficient (Wildman–Crippen LogP) is 4.68. The second-order valence-corrected chi connectivity index (χ2v) is 11.3. The Balaban J connectivity index is 1.61. The van der Waals surface area contributed by atoms with Crippen LogP contribution in [-0.2, 0) is 5.44 Å². The fraction of sp³-hybridized carbons (Fsp3) is 0.370. The van der Waals surface area contributed by atoms with Crippen LogP contribution in [0.2, 0.25) is 5.02 Å². The summed E-state index contributed by atoms with van der Waals surface area (Å²) >= 11 is 6.74. The number of aryl methyl sites for hydroxylation is 1. The molecule has 0 bridgehead atoms. The summed E-state index contributed by atoms with van der Waals surface area (Å²) in [5.74, 6) is 0. The molecule has 5 rings (SSSR count). The SMILES string of the molecule is [B]C(Nc1cc(Cl)c2ncc(C#N)c(NCC(C)(C)C)c2c1)(C1=CN(C2CC2)NN1)c1cccnc1C. The molecule has 0 spiro atoms. The summed E-state index contributed by atoms with van der Waals surface area (Å²) in [6.07, 6.45) is 7.58. The fourth-order valence-corrected chi connectivity index (χ4v) is 4.72. The van der Waals surface area contributed by atoms with E-state index in [1.807, 2.05) is 37.4 Å². The van der Waals surface area contributed by atoms with E-state index >= 15 is 0 Å². The number of halogens is 1. The zero-order chi connectivity index (χ0) is 26.4. The van der Waals surface area contributed by atoms with E-state index in [1.54, 1.807) is 12.4 Å². The molecule has 1 saturated carbocycles. The number of aromatic nitrogens is 2. The molecule has 2 aromatic heterocycles. The number of hydrazine groups is 2. The largest absolute Gasteiger partial charge is 0.383 e. The van der Waals surface area contributed by atoms with Crippen LogP contribution in [0, 0.1) is 23.7 Å². The highest BCUT2D eigenvalue weighted by Gasteiger charge is 2.38. The molecule has 0 amide bonds. The number of nitrogens with zero attached hydrogens (tertiary/aromatic N) is 4. The second kappa shape index (κ2) is 9.44. The van der Waals surface area contributed by atoms with E-state index in [2.05, 4.69) is 63.4 Å². The molecule has 10 heteroatoms. The van der Waals surface area contributed by atoms with Crippen LogP contribution < -0.4 is 21.6 Å². The van der Waals surface area contributed by atoms with Crippen LogP contribution in [0.1, 0.15) is 50.4 Å². The summed E-state index contributed by atoms with van der Waals surface area (Å²) in [4.78, 5) is 8.96. The fourth-order valence-electron chi connectivity index (χ4n) is 4.45. The summed E-state index contributed by atoms with van der Waals surface area (Å²) in [7, 11) is 7.17. The van der Waals surface area contributed by atoms with Crippen LogP contribution in [0.15, 0.2) is 48.6 Å². The van der Waals surface area contributed by atoms with Crippen molar-refractivity contribution in [3.63, 3.8) is 0 Å². The minimum Gasteiger partial charge on any atom is -0.383 e. The van der Waals surface area contributed by atoms with Crippen LogP contribution in [0.4, 0.5) is 11.4 Å². The first-order chi connectivity index (χ1) is 17.6. The van der Waals surface area contributed by atoms with Crippen LogP contribution >= 0.6 is 11.6 Å². The highest BCUT2D eigenvalue weighted by molar-refractivity contribution is 6.36. The second-order valence-electron chi connectivity index (χ2n) is 10.9. The van der Waals surface area contributed by atoms with Crippen molar-refractivity contribution in [1.82, 2.24) is 25.9 Å². The number of nitriles is 1. The van der Waals surface area contributed by atoms with E-state index in [9.17, 15) is 5.26 Å². The van der Waals surface area contributed by atoms with Crippen molar-refractivity contribution in [1.29, 1.82) is 5.26 Å². The average Bonchev–Trinajstić information content (AvgIpc) is 3.57. The molecule has 2 radical (unpaired) electrons. The zero-order valence-corrected chi connectivity index (χ0v) is 22.2. The molecule has 3 heterocycles. The maximum atomic E-state index is 9.80. The first-order valence-corrected chi connectivity index (χ1v) is 12.7. The maximum Gasteiger partial charge on any atom is 0.119 e. The molecule has 0 saturated heterocycles. The minimum absolute atomic E-state index is 0.00721. The van der Waals surface area contributed by atoms with Gasteiger partial charge in [-0.05, 0) is 48.9 Å². The van der Waals surface area contributed by atoms with Crippen LogP contribution in [0.5, 0.6) is 0 Å². The predicted molar refractivity (Wildman–Crippen MR) is 149 cm³/mol. The van der Waals surface area contributed by atoms with Gasteiger partial charge in [0.1, 0.15) is 13.9 Å². The van der Waals surface area contributed by atoms with Gasteiger partial charge >= 0.3 is 0 Å². The van der Waals surface area contributed by atoms with Gasteiger partial charge in [-0.15, -0.1) is 5.53 Å². The van der Waals surface area contributed by atoms with Gasteiger partial charge in [0.25, 0.3) is 0 Å². The molecular weight excluding hydrogens is 483 g/mol. The van der Waals surface area contributed by atoms with Gasteiger partial charge in [0, 0.05) is 47.9 Å². The maximum absolute atomic E-state index is 9.80. The molecular formula is C27H30BClN8. The number of rotatable bonds is 7. The Morgan fingerprint density at radius 2 is 2.05 bits per heavy atom. The number of anilines is 2. The molecule has 1 aromatic carbocycles. The van der Waals surface area contributed by atoms with Crippen molar-refractivity contribution in [3.8, 4) is 6.07 Å². The minimum atomic E-state index is -1.15.